The van der Waals surface area contributed by atoms with Crippen molar-refractivity contribution in [3.05, 3.63) is 102 Å². The van der Waals surface area contributed by atoms with Crippen LogP contribution >= 0.6 is 0 Å². The van der Waals surface area contributed by atoms with Crippen LogP contribution in [0.1, 0.15) is 26.3 Å². The van der Waals surface area contributed by atoms with E-state index in [1.807, 2.05) is 30.5 Å². The molecule has 0 fully saturated rings. The van der Waals surface area contributed by atoms with Gasteiger partial charge in [0.05, 0.1) is 5.56 Å². The summed E-state index contributed by atoms with van der Waals surface area (Å²) >= 11 is 0. The van der Waals surface area contributed by atoms with Crippen LogP contribution < -0.4 is 10.6 Å². The lowest BCUT2D eigenvalue weighted by Gasteiger charge is -2.08. The van der Waals surface area contributed by atoms with Crippen LogP contribution in [-0.4, -0.2) is 35.9 Å². The second-order valence-corrected chi connectivity index (χ2v) is 7.49. The van der Waals surface area contributed by atoms with Crippen molar-refractivity contribution in [3.63, 3.8) is 0 Å². The largest absolute Gasteiger partial charge is 0.373 e. The highest BCUT2D eigenvalue weighted by Crippen LogP contribution is 2.17. The molecule has 0 atom stereocenters. The molecule has 1 heterocycles. The van der Waals surface area contributed by atoms with Crippen molar-refractivity contribution in [2.75, 3.05) is 18.5 Å². The summed E-state index contributed by atoms with van der Waals surface area (Å²) in [5.41, 5.74) is 3.51. The van der Waals surface area contributed by atoms with E-state index in [4.69, 9.17) is 4.89 Å². The number of nitrogens with one attached hydrogen (secondary N) is 3. The number of benzene rings is 3. The van der Waals surface area contributed by atoms with Crippen molar-refractivity contribution in [3.8, 4) is 0 Å². The van der Waals surface area contributed by atoms with Crippen LogP contribution in [0.25, 0.3) is 10.9 Å². The van der Waals surface area contributed by atoms with Crippen molar-refractivity contribution in [2.24, 2.45) is 0 Å². The maximum atomic E-state index is 12.4. The molecule has 3 aromatic carbocycles. The predicted molar refractivity (Wildman–Crippen MR) is 127 cm³/mol. The molecule has 34 heavy (non-hydrogen) atoms. The Morgan fingerprint density at radius 3 is 2.41 bits per heavy atom. The van der Waals surface area contributed by atoms with Gasteiger partial charge in [-0.25, -0.2) is 4.79 Å². The van der Waals surface area contributed by atoms with Crippen LogP contribution in [0, 0.1) is 0 Å². The van der Waals surface area contributed by atoms with E-state index in [2.05, 4.69) is 20.5 Å². The number of aromatic nitrogens is 1. The number of amides is 2. The van der Waals surface area contributed by atoms with Crippen LogP contribution in [0.2, 0.25) is 0 Å². The highest BCUT2D eigenvalue weighted by atomic mass is 17.2. The van der Waals surface area contributed by atoms with E-state index >= 15 is 0 Å². The first-order chi connectivity index (χ1) is 16.6. The Balaban J connectivity index is 1.20. The molecular weight excluding hydrogens is 434 g/mol. The lowest BCUT2D eigenvalue weighted by Crippen LogP contribution is -2.25. The topological polar surface area (TPSA) is 110 Å². The van der Waals surface area contributed by atoms with E-state index < -0.39 is 18.5 Å². The molecule has 0 unspecified atom stereocenters. The van der Waals surface area contributed by atoms with E-state index in [0.717, 1.165) is 16.5 Å². The third-order valence-electron chi connectivity index (χ3n) is 5.13. The first-order valence-corrected chi connectivity index (χ1v) is 10.7. The zero-order chi connectivity index (χ0) is 23.8. The van der Waals surface area contributed by atoms with Gasteiger partial charge >= 0.3 is 5.97 Å². The minimum absolute atomic E-state index is 0.199. The number of anilines is 1. The van der Waals surface area contributed by atoms with Gasteiger partial charge in [0.15, 0.2) is 6.61 Å². The molecule has 0 aliphatic carbocycles. The molecule has 0 radical (unpaired) electrons. The number of hydrogen-bond acceptors (Lipinski definition) is 5. The molecule has 8 nitrogen and oxygen atoms in total. The van der Waals surface area contributed by atoms with Gasteiger partial charge in [0.25, 0.3) is 11.8 Å². The molecule has 172 valence electrons. The van der Waals surface area contributed by atoms with E-state index in [0.29, 0.717) is 29.8 Å². The summed E-state index contributed by atoms with van der Waals surface area (Å²) in [6.07, 6.45) is 2.61. The van der Waals surface area contributed by atoms with Gasteiger partial charge in [-0.15, -0.1) is 0 Å². The van der Waals surface area contributed by atoms with Gasteiger partial charge in [-0.3, -0.25) is 14.5 Å². The summed E-state index contributed by atoms with van der Waals surface area (Å²) in [7, 11) is 0. The number of fused-ring (bicyclic) bond motifs is 1. The summed E-state index contributed by atoms with van der Waals surface area (Å²) in [6, 6.07) is 22.8. The van der Waals surface area contributed by atoms with Crippen LogP contribution in [-0.2, 0) is 21.0 Å². The summed E-state index contributed by atoms with van der Waals surface area (Å²) in [5.74, 6) is -1.39. The zero-order valence-corrected chi connectivity index (χ0v) is 18.2. The van der Waals surface area contributed by atoms with E-state index in [-0.39, 0.29) is 5.91 Å². The molecule has 0 saturated carbocycles. The van der Waals surface area contributed by atoms with Gasteiger partial charge in [-0.05, 0) is 60.5 Å². The first-order valence-electron chi connectivity index (χ1n) is 10.7. The van der Waals surface area contributed by atoms with Crippen LogP contribution in [0.15, 0.2) is 85.1 Å². The molecule has 0 spiro atoms. The number of carbonyl (C=O) groups is 3. The Hall–Kier alpha value is -4.43. The number of aromatic amines is 1. The Bertz CT molecular complexity index is 1280. The Labute approximate surface area is 195 Å². The monoisotopic (exact) mass is 457 g/mol. The minimum atomic E-state index is -0.687. The average Bonchev–Trinajstić information content (AvgIpc) is 3.35. The summed E-state index contributed by atoms with van der Waals surface area (Å²) in [6.45, 7) is 0.0371. The van der Waals surface area contributed by atoms with Gasteiger partial charge in [-0.2, -0.15) is 4.89 Å². The third-order valence-corrected chi connectivity index (χ3v) is 5.13. The van der Waals surface area contributed by atoms with Gasteiger partial charge in [-0.1, -0.05) is 30.3 Å². The fourth-order valence-electron chi connectivity index (χ4n) is 3.44. The highest BCUT2D eigenvalue weighted by Gasteiger charge is 2.11. The highest BCUT2D eigenvalue weighted by molar-refractivity contribution is 5.96. The van der Waals surface area contributed by atoms with E-state index in [9.17, 15) is 14.4 Å². The van der Waals surface area contributed by atoms with Crippen molar-refractivity contribution in [2.45, 2.75) is 6.42 Å². The van der Waals surface area contributed by atoms with Crippen molar-refractivity contribution in [1.29, 1.82) is 0 Å². The SMILES string of the molecule is O=C(COOC(=O)c1ccccc1)Nc1ccc(C(=O)NCCc2cccc3[nH]ccc23)cc1. The third kappa shape index (κ3) is 5.87. The lowest BCUT2D eigenvalue weighted by atomic mass is 10.1. The van der Waals surface area contributed by atoms with Crippen molar-refractivity contribution in [1.82, 2.24) is 10.3 Å². The molecule has 0 aliphatic heterocycles. The number of rotatable bonds is 9. The van der Waals surface area contributed by atoms with Gasteiger partial charge < -0.3 is 15.6 Å². The molecular formula is C26H23N3O5. The fraction of sp³-hybridized carbons (Fsp3) is 0.115. The smallest absolute Gasteiger partial charge is 0.361 e. The zero-order valence-electron chi connectivity index (χ0n) is 18.2. The molecule has 8 heteroatoms. The predicted octanol–water partition coefficient (Wildman–Crippen LogP) is 3.87. The first kappa shape index (κ1) is 22.8. The standard InChI is InChI=1S/C26H23N3O5/c30-24(17-33-34-26(32)20-5-2-1-3-6-20)29-21-11-9-19(10-12-21)25(31)28-15-13-18-7-4-8-23-22(18)14-16-27-23/h1-12,14,16,27H,13,15,17H2,(H,28,31)(H,29,30). The summed E-state index contributed by atoms with van der Waals surface area (Å²) < 4.78 is 0. The van der Waals surface area contributed by atoms with Crippen molar-refractivity contribution < 1.29 is 24.2 Å². The maximum Gasteiger partial charge on any atom is 0.373 e. The summed E-state index contributed by atoms with van der Waals surface area (Å²) in [4.78, 5) is 48.7. The average molecular weight is 457 g/mol. The van der Waals surface area contributed by atoms with E-state index in [1.54, 1.807) is 54.6 Å². The van der Waals surface area contributed by atoms with Gasteiger partial charge in [0, 0.05) is 34.9 Å². The van der Waals surface area contributed by atoms with Gasteiger partial charge in [0.2, 0.25) is 0 Å². The molecule has 1 aromatic heterocycles. The molecule has 0 aliphatic rings. The lowest BCUT2D eigenvalue weighted by molar-refractivity contribution is -0.236. The fourth-order valence-corrected chi connectivity index (χ4v) is 3.44. The quantitative estimate of drug-likeness (QED) is 0.261. The number of H-pyrrole nitrogens is 1. The van der Waals surface area contributed by atoms with Gasteiger partial charge in [0.1, 0.15) is 0 Å². The minimum Gasteiger partial charge on any atom is -0.361 e. The number of hydrogen-bond donors (Lipinski definition) is 3. The molecule has 2 amide bonds. The Kier molecular flexibility index (Phi) is 7.32. The van der Waals surface area contributed by atoms with Crippen LogP contribution in [0.4, 0.5) is 5.69 Å². The molecule has 3 N–H and O–H groups in total. The van der Waals surface area contributed by atoms with Crippen molar-refractivity contribution >= 4 is 34.4 Å². The molecule has 0 saturated heterocycles. The van der Waals surface area contributed by atoms with Crippen LogP contribution in [0.3, 0.4) is 0 Å². The van der Waals surface area contributed by atoms with E-state index in [1.165, 1.54) is 0 Å². The molecule has 4 rings (SSSR count). The maximum absolute atomic E-state index is 12.4. The number of carbonyl (C=O) groups excluding carboxylic acids is 3. The molecule has 4 aromatic rings. The second kappa shape index (κ2) is 10.9. The second-order valence-electron chi connectivity index (χ2n) is 7.49. The van der Waals surface area contributed by atoms with Crippen LogP contribution in [0.5, 0.6) is 0 Å². The summed E-state index contributed by atoms with van der Waals surface area (Å²) in [5, 5.41) is 6.67. The normalized spacial score (nSPS) is 10.6. The Morgan fingerprint density at radius 1 is 0.824 bits per heavy atom. The Morgan fingerprint density at radius 2 is 1.62 bits per heavy atom. The molecule has 0 bridgehead atoms.